The standard InChI is InChI=1S/C9H14F4N2O3/c1-5(6(16)17)3-15(2)8(18)14-4-9(12,13)7(10)11/h5,7H,3-4H2,1-2H3,(H,14,18)(H,16,17). The number of halogens is 4. The average molecular weight is 274 g/mol. The number of nitrogens with zero attached hydrogens (tertiary/aromatic N) is 1. The molecule has 0 aliphatic heterocycles. The summed E-state index contributed by atoms with van der Waals surface area (Å²) in [7, 11) is 1.18. The fourth-order valence-electron chi connectivity index (χ4n) is 0.977. The predicted molar refractivity (Wildman–Crippen MR) is 53.8 cm³/mol. The molecule has 0 fully saturated rings. The minimum atomic E-state index is -4.31. The summed E-state index contributed by atoms with van der Waals surface area (Å²) in [5.74, 6) is -6.36. The Morgan fingerprint density at radius 3 is 2.28 bits per heavy atom. The molecule has 0 radical (unpaired) electrons. The highest BCUT2D eigenvalue weighted by molar-refractivity contribution is 5.75. The third-order valence-electron chi connectivity index (χ3n) is 2.11. The molecule has 0 bridgehead atoms. The van der Waals surface area contributed by atoms with Crippen LogP contribution in [0.1, 0.15) is 6.92 Å². The molecule has 0 aliphatic rings. The van der Waals surface area contributed by atoms with Gasteiger partial charge in [-0.15, -0.1) is 0 Å². The Balaban J connectivity index is 4.22. The Morgan fingerprint density at radius 1 is 1.39 bits per heavy atom. The van der Waals surface area contributed by atoms with Gasteiger partial charge >= 0.3 is 24.3 Å². The lowest BCUT2D eigenvalue weighted by Crippen LogP contribution is -2.47. The lowest BCUT2D eigenvalue weighted by atomic mass is 10.2. The van der Waals surface area contributed by atoms with Crippen molar-refractivity contribution in [2.24, 2.45) is 5.92 Å². The SMILES string of the molecule is CC(CN(C)C(=O)NCC(F)(F)C(F)F)C(=O)O. The maximum atomic E-state index is 12.5. The van der Waals surface area contributed by atoms with Crippen LogP contribution in [0.25, 0.3) is 0 Å². The van der Waals surface area contributed by atoms with Gasteiger partial charge in [0.1, 0.15) is 0 Å². The quantitative estimate of drug-likeness (QED) is 0.716. The summed E-state index contributed by atoms with van der Waals surface area (Å²) in [5, 5.41) is 10.2. The Morgan fingerprint density at radius 2 is 1.89 bits per heavy atom. The molecule has 0 rings (SSSR count). The van der Waals surface area contributed by atoms with Crippen molar-refractivity contribution in [1.29, 1.82) is 0 Å². The molecule has 106 valence electrons. The maximum absolute atomic E-state index is 12.5. The van der Waals surface area contributed by atoms with Crippen LogP contribution in [0.5, 0.6) is 0 Å². The van der Waals surface area contributed by atoms with Gasteiger partial charge in [-0.25, -0.2) is 13.6 Å². The molecule has 0 saturated heterocycles. The fraction of sp³-hybridized carbons (Fsp3) is 0.778. The van der Waals surface area contributed by atoms with Crippen molar-refractivity contribution >= 4 is 12.0 Å². The van der Waals surface area contributed by atoms with Crippen molar-refractivity contribution < 1.29 is 32.3 Å². The molecular formula is C9H14F4N2O3. The van der Waals surface area contributed by atoms with E-state index in [0.717, 1.165) is 4.90 Å². The molecular weight excluding hydrogens is 260 g/mol. The van der Waals surface area contributed by atoms with E-state index in [4.69, 9.17) is 5.11 Å². The van der Waals surface area contributed by atoms with Gasteiger partial charge in [-0.2, -0.15) is 8.78 Å². The van der Waals surface area contributed by atoms with Crippen LogP contribution >= 0.6 is 0 Å². The zero-order valence-corrected chi connectivity index (χ0v) is 9.79. The summed E-state index contributed by atoms with van der Waals surface area (Å²) in [6, 6.07) is -1.04. The van der Waals surface area contributed by atoms with Crippen molar-refractivity contribution in [2.75, 3.05) is 20.1 Å². The van der Waals surface area contributed by atoms with Crippen molar-refractivity contribution in [3.05, 3.63) is 0 Å². The monoisotopic (exact) mass is 274 g/mol. The summed E-state index contributed by atoms with van der Waals surface area (Å²) < 4.78 is 48.5. The number of amides is 2. The molecule has 0 saturated carbocycles. The van der Waals surface area contributed by atoms with Crippen LogP contribution in [0.4, 0.5) is 22.4 Å². The Bertz CT molecular complexity index is 312. The van der Waals surface area contributed by atoms with E-state index in [1.807, 2.05) is 0 Å². The fourth-order valence-corrected chi connectivity index (χ4v) is 0.977. The Kier molecular flexibility index (Phi) is 5.86. The summed E-state index contributed by atoms with van der Waals surface area (Å²) >= 11 is 0. The first-order valence-electron chi connectivity index (χ1n) is 4.95. The smallest absolute Gasteiger partial charge is 0.324 e. The number of hydrogen-bond donors (Lipinski definition) is 2. The number of carboxylic acids is 1. The van der Waals surface area contributed by atoms with Gasteiger partial charge in [-0.3, -0.25) is 4.79 Å². The minimum Gasteiger partial charge on any atom is -0.481 e. The van der Waals surface area contributed by atoms with Crippen molar-refractivity contribution in [1.82, 2.24) is 10.2 Å². The van der Waals surface area contributed by atoms with Crippen molar-refractivity contribution in [2.45, 2.75) is 19.3 Å². The summed E-state index contributed by atoms with van der Waals surface area (Å²) in [6.45, 7) is -0.406. The highest BCUT2D eigenvalue weighted by Gasteiger charge is 2.41. The largest absolute Gasteiger partial charge is 0.481 e. The van der Waals surface area contributed by atoms with Crippen LogP contribution in [0.3, 0.4) is 0 Å². The second-order valence-electron chi connectivity index (χ2n) is 3.84. The predicted octanol–water partition coefficient (Wildman–Crippen LogP) is 1.25. The molecule has 0 aromatic carbocycles. The number of rotatable bonds is 6. The van der Waals surface area contributed by atoms with Crippen LogP contribution in [-0.2, 0) is 4.79 Å². The molecule has 5 nitrogen and oxygen atoms in total. The first-order chi connectivity index (χ1) is 8.08. The van der Waals surface area contributed by atoms with Gasteiger partial charge in [0.05, 0.1) is 12.5 Å². The minimum absolute atomic E-state index is 0.221. The number of aliphatic carboxylic acids is 1. The van der Waals surface area contributed by atoms with E-state index in [-0.39, 0.29) is 6.54 Å². The number of carbonyl (C=O) groups is 2. The molecule has 0 heterocycles. The van der Waals surface area contributed by atoms with Gasteiger partial charge in [0.15, 0.2) is 0 Å². The van der Waals surface area contributed by atoms with Gasteiger partial charge in [0.2, 0.25) is 0 Å². The third kappa shape index (κ3) is 5.19. The molecule has 0 aliphatic carbocycles. The molecule has 2 amide bonds. The van der Waals surface area contributed by atoms with E-state index in [1.54, 1.807) is 5.32 Å². The lowest BCUT2D eigenvalue weighted by Gasteiger charge is -2.22. The normalized spacial score (nSPS) is 13.3. The molecule has 18 heavy (non-hydrogen) atoms. The van der Waals surface area contributed by atoms with Crippen LogP contribution in [0.2, 0.25) is 0 Å². The first-order valence-corrected chi connectivity index (χ1v) is 4.95. The second kappa shape index (κ2) is 6.41. The number of alkyl halides is 4. The van der Waals surface area contributed by atoms with E-state index < -0.39 is 36.8 Å². The number of hydrogen-bond acceptors (Lipinski definition) is 2. The molecule has 9 heteroatoms. The average Bonchev–Trinajstić information content (AvgIpc) is 2.25. The van der Waals surface area contributed by atoms with E-state index in [2.05, 4.69) is 0 Å². The number of urea groups is 1. The highest BCUT2D eigenvalue weighted by Crippen LogP contribution is 2.21. The van der Waals surface area contributed by atoms with Gasteiger partial charge in [0, 0.05) is 13.6 Å². The van der Waals surface area contributed by atoms with E-state index in [9.17, 15) is 27.2 Å². The zero-order chi connectivity index (χ0) is 14.5. The topological polar surface area (TPSA) is 69.6 Å². The highest BCUT2D eigenvalue weighted by atomic mass is 19.3. The number of carboxylic acid groups (broad SMARTS) is 1. The second-order valence-corrected chi connectivity index (χ2v) is 3.84. The summed E-state index contributed by atoms with van der Waals surface area (Å²) in [5.41, 5.74) is 0. The lowest BCUT2D eigenvalue weighted by molar-refractivity contribution is -0.141. The molecule has 1 unspecified atom stereocenters. The van der Waals surface area contributed by atoms with Gasteiger partial charge in [0.25, 0.3) is 0 Å². The van der Waals surface area contributed by atoms with Crippen LogP contribution in [-0.4, -0.2) is 54.5 Å². The van der Waals surface area contributed by atoms with Crippen molar-refractivity contribution in [3.8, 4) is 0 Å². The maximum Gasteiger partial charge on any atom is 0.324 e. The summed E-state index contributed by atoms with van der Waals surface area (Å²) in [6.07, 6.45) is -3.87. The third-order valence-corrected chi connectivity index (χ3v) is 2.11. The Labute approximate surface area is 101 Å². The molecule has 1 atom stereocenters. The van der Waals surface area contributed by atoms with E-state index in [1.165, 1.54) is 14.0 Å². The molecule has 0 spiro atoms. The number of carbonyl (C=O) groups excluding carboxylic acids is 1. The first kappa shape index (κ1) is 16.5. The molecule has 0 aromatic rings. The zero-order valence-electron chi connectivity index (χ0n) is 9.79. The van der Waals surface area contributed by atoms with Crippen LogP contribution in [0, 0.1) is 5.92 Å². The van der Waals surface area contributed by atoms with Crippen LogP contribution < -0.4 is 5.32 Å². The van der Waals surface area contributed by atoms with E-state index >= 15 is 0 Å². The van der Waals surface area contributed by atoms with Gasteiger partial charge in [-0.05, 0) is 0 Å². The Hall–Kier alpha value is -1.54. The van der Waals surface area contributed by atoms with Gasteiger partial charge in [-0.1, -0.05) is 6.92 Å². The molecule has 2 N–H and O–H groups in total. The summed E-state index contributed by atoms with van der Waals surface area (Å²) in [4.78, 5) is 22.5. The molecule has 0 aromatic heterocycles. The van der Waals surface area contributed by atoms with E-state index in [0.29, 0.717) is 0 Å². The van der Waals surface area contributed by atoms with Crippen LogP contribution in [0.15, 0.2) is 0 Å². The number of nitrogens with one attached hydrogen (secondary N) is 1. The van der Waals surface area contributed by atoms with Crippen molar-refractivity contribution in [3.63, 3.8) is 0 Å². The van der Waals surface area contributed by atoms with Gasteiger partial charge < -0.3 is 15.3 Å².